The minimum atomic E-state index is 0.507. The van der Waals surface area contributed by atoms with E-state index < -0.39 is 0 Å². The van der Waals surface area contributed by atoms with Gasteiger partial charge in [0.15, 0.2) is 17.8 Å². The van der Waals surface area contributed by atoms with Gasteiger partial charge in [0, 0.05) is 11.0 Å². The van der Waals surface area contributed by atoms with Gasteiger partial charge in [-0.15, -0.1) is 0 Å². The van der Waals surface area contributed by atoms with E-state index in [2.05, 4.69) is 20.8 Å². The van der Waals surface area contributed by atoms with Crippen LogP contribution in [0.15, 0.2) is 16.6 Å². The molecule has 0 spiro atoms. The Balaban J connectivity index is 2.02. The largest absolute Gasteiger partial charge is 0.493 e. The number of carbonyl (C=O) groups is 1. The number of hydrogen-bond acceptors (Lipinski definition) is 4. The van der Waals surface area contributed by atoms with Crippen molar-refractivity contribution in [1.82, 2.24) is 4.90 Å². The quantitative estimate of drug-likeness (QED) is 0.753. The van der Waals surface area contributed by atoms with Gasteiger partial charge in [0.25, 0.3) is 0 Å². The summed E-state index contributed by atoms with van der Waals surface area (Å²) in [5, 5.41) is 0. The number of aldehydes is 1. The number of hydrogen-bond donors (Lipinski definition) is 0. The molecule has 0 unspecified atom stereocenters. The van der Waals surface area contributed by atoms with E-state index in [1.54, 1.807) is 19.2 Å². The molecule has 4 nitrogen and oxygen atoms in total. The average molecular weight is 328 g/mol. The normalized spacial score (nSPS) is 15.5. The van der Waals surface area contributed by atoms with Crippen LogP contribution in [0, 0.1) is 0 Å². The van der Waals surface area contributed by atoms with E-state index in [0.717, 1.165) is 30.4 Å². The number of methoxy groups -OCH3 is 1. The summed E-state index contributed by atoms with van der Waals surface area (Å²) in [5.74, 6) is 1.11. The maximum atomic E-state index is 11.1. The highest BCUT2D eigenvalue weighted by atomic mass is 79.9. The highest BCUT2D eigenvalue weighted by Crippen LogP contribution is 2.33. The van der Waals surface area contributed by atoms with Crippen molar-refractivity contribution >= 4 is 22.2 Å². The standard InChI is InChI=1S/C14H18BrNO3/c1-18-13-9-12(15)8-11(10-17)14(13)19-7-6-16-4-2-3-5-16/h8-10H,2-7H2,1H3. The molecule has 1 aromatic carbocycles. The Morgan fingerprint density at radius 3 is 2.74 bits per heavy atom. The van der Waals surface area contributed by atoms with Crippen LogP contribution in [-0.2, 0) is 0 Å². The first-order valence-electron chi connectivity index (χ1n) is 6.42. The van der Waals surface area contributed by atoms with Gasteiger partial charge in [-0.05, 0) is 38.1 Å². The van der Waals surface area contributed by atoms with Gasteiger partial charge >= 0.3 is 0 Å². The van der Waals surface area contributed by atoms with E-state index in [0.29, 0.717) is 23.7 Å². The molecule has 0 saturated carbocycles. The molecule has 1 saturated heterocycles. The third-order valence-electron chi connectivity index (χ3n) is 3.25. The first-order chi connectivity index (χ1) is 9.24. The molecule has 0 bridgehead atoms. The van der Waals surface area contributed by atoms with Gasteiger partial charge in [-0.25, -0.2) is 0 Å². The van der Waals surface area contributed by atoms with Crippen LogP contribution in [0.25, 0.3) is 0 Å². The maximum absolute atomic E-state index is 11.1. The van der Waals surface area contributed by atoms with Gasteiger partial charge < -0.3 is 9.47 Å². The van der Waals surface area contributed by atoms with Crippen LogP contribution in [0.5, 0.6) is 11.5 Å². The van der Waals surface area contributed by atoms with Crippen LogP contribution < -0.4 is 9.47 Å². The Labute approximate surface area is 121 Å². The Morgan fingerprint density at radius 1 is 1.37 bits per heavy atom. The second kappa shape index (κ2) is 6.91. The molecule has 1 aliphatic heterocycles. The Bertz CT molecular complexity index is 445. The molecular weight excluding hydrogens is 310 g/mol. The molecule has 0 amide bonds. The number of nitrogens with zero attached hydrogens (tertiary/aromatic N) is 1. The van der Waals surface area contributed by atoms with Gasteiger partial charge in [0.2, 0.25) is 0 Å². The smallest absolute Gasteiger partial charge is 0.171 e. The third-order valence-corrected chi connectivity index (χ3v) is 3.71. The number of likely N-dealkylation sites (tertiary alicyclic amines) is 1. The Kier molecular flexibility index (Phi) is 5.22. The number of rotatable bonds is 6. The van der Waals surface area contributed by atoms with E-state index in [1.165, 1.54) is 12.8 Å². The lowest BCUT2D eigenvalue weighted by Gasteiger charge is -2.17. The summed E-state index contributed by atoms with van der Waals surface area (Å²) in [5.41, 5.74) is 0.507. The highest BCUT2D eigenvalue weighted by molar-refractivity contribution is 9.10. The zero-order valence-electron chi connectivity index (χ0n) is 11.0. The number of halogens is 1. The molecule has 1 fully saturated rings. The molecule has 5 heteroatoms. The SMILES string of the molecule is COc1cc(Br)cc(C=O)c1OCCN1CCCC1. The van der Waals surface area contributed by atoms with Crippen molar-refractivity contribution in [3.8, 4) is 11.5 Å². The van der Waals surface area contributed by atoms with E-state index in [9.17, 15) is 4.79 Å². The van der Waals surface area contributed by atoms with Crippen molar-refractivity contribution in [2.24, 2.45) is 0 Å². The van der Waals surface area contributed by atoms with Gasteiger partial charge in [-0.2, -0.15) is 0 Å². The van der Waals surface area contributed by atoms with Gasteiger partial charge in [-0.3, -0.25) is 9.69 Å². The second-order valence-corrected chi connectivity index (χ2v) is 5.46. The van der Waals surface area contributed by atoms with Crippen molar-refractivity contribution < 1.29 is 14.3 Å². The van der Waals surface area contributed by atoms with Crippen LogP contribution in [0.1, 0.15) is 23.2 Å². The lowest BCUT2D eigenvalue weighted by Crippen LogP contribution is -2.25. The molecule has 0 aromatic heterocycles. The highest BCUT2D eigenvalue weighted by Gasteiger charge is 2.14. The number of ether oxygens (including phenoxy) is 2. The molecule has 0 atom stereocenters. The predicted molar refractivity (Wildman–Crippen MR) is 77.3 cm³/mol. The van der Waals surface area contributed by atoms with E-state index in [-0.39, 0.29) is 0 Å². The first-order valence-corrected chi connectivity index (χ1v) is 7.21. The molecule has 0 aliphatic carbocycles. The van der Waals surface area contributed by atoms with E-state index in [1.807, 2.05) is 0 Å². The fourth-order valence-corrected chi connectivity index (χ4v) is 2.72. The summed E-state index contributed by atoms with van der Waals surface area (Å²) < 4.78 is 11.8. The minimum Gasteiger partial charge on any atom is -0.493 e. The molecule has 2 rings (SSSR count). The van der Waals surface area contributed by atoms with Crippen molar-refractivity contribution in [3.05, 3.63) is 22.2 Å². The molecular formula is C14H18BrNO3. The first kappa shape index (κ1) is 14.3. The van der Waals surface area contributed by atoms with E-state index >= 15 is 0 Å². The lowest BCUT2D eigenvalue weighted by atomic mass is 10.2. The molecule has 1 heterocycles. The zero-order valence-corrected chi connectivity index (χ0v) is 12.6. The summed E-state index contributed by atoms with van der Waals surface area (Å²) in [7, 11) is 1.57. The molecule has 104 valence electrons. The second-order valence-electron chi connectivity index (χ2n) is 4.54. The van der Waals surface area contributed by atoms with Crippen molar-refractivity contribution in [1.29, 1.82) is 0 Å². The molecule has 1 aromatic rings. The predicted octanol–water partition coefficient (Wildman–Crippen LogP) is 2.74. The summed E-state index contributed by atoms with van der Waals surface area (Å²) in [6.45, 7) is 3.74. The van der Waals surface area contributed by atoms with Crippen LogP contribution in [0.2, 0.25) is 0 Å². The molecule has 0 N–H and O–H groups in total. The Hall–Kier alpha value is -1.07. The molecule has 0 radical (unpaired) electrons. The number of carbonyl (C=O) groups excluding carboxylic acids is 1. The summed E-state index contributed by atoms with van der Waals surface area (Å²) in [6.07, 6.45) is 3.32. The van der Waals surface area contributed by atoms with Crippen molar-refractivity contribution in [3.63, 3.8) is 0 Å². The summed E-state index contributed by atoms with van der Waals surface area (Å²) >= 11 is 3.35. The Morgan fingerprint density at radius 2 is 2.11 bits per heavy atom. The fourth-order valence-electron chi connectivity index (χ4n) is 2.27. The topological polar surface area (TPSA) is 38.8 Å². The summed E-state index contributed by atoms with van der Waals surface area (Å²) in [4.78, 5) is 13.5. The van der Waals surface area contributed by atoms with Crippen molar-refractivity contribution in [2.45, 2.75) is 12.8 Å². The zero-order chi connectivity index (χ0) is 13.7. The maximum Gasteiger partial charge on any atom is 0.171 e. The molecule has 19 heavy (non-hydrogen) atoms. The monoisotopic (exact) mass is 327 g/mol. The average Bonchev–Trinajstić information content (AvgIpc) is 2.92. The van der Waals surface area contributed by atoms with Gasteiger partial charge in [-0.1, -0.05) is 15.9 Å². The third kappa shape index (κ3) is 3.70. The van der Waals surface area contributed by atoms with Crippen LogP contribution >= 0.6 is 15.9 Å². The van der Waals surface area contributed by atoms with Crippen molar-refractivity contribution in [2.75, 3.05) is 33.4 Å². The van der Waals surface area contributed by atoms with Gasteiger partial charge in [0.05, 0.1) is 12.7 Å². The minimum absolute atomic E-state index is 0.507. The van der Waals surface area contributed by atoms with Crippen LogP contribution in [0.3, 0.4) is 0 Å². The lowest BCUT2D eigenvalue weighted by molar-refractivity contribution is 0.111. The number of benzene rings is 1. The van der Waals surface area contributed by atoms with Crippen LogP contribution in [-0.4, -0.2) is 44.5 Å². The fraction of sp³-hybridized carbons (Fsp3) is 0.500. The summed E-state index contributed by atoms with van der Waals surface area (Å²) in [6, 6.07) is 3.54. The van der Waals surface area contributed by atoms with Crippen LogP contribution in [0.4, 0.5) is 0 Å². The van der Waals surface area contributed by atoms with E-state index in [4.69, 9.17) is 9.47 Å². The van der Waals surface area contributed by atoms with Gasteiger partial charge in [0.1, 0.15) is 6.61 Å². The molecule has 1 aliphatic rings.